The third kappa shape index (κ3) is 4.80. The summed E-state index contributed by atoms with van der Waals surface area (Å²) < 4.78 is 38.6. The van der Waals surface area contributed by atoms with Crippen molar-refractivity contribution < 1.29 is 22.7 Å². The van der Waals surface area contributed by atoms with Crippen LogP contribution in [0.5, 0.6) is 11.8 Å². The number of carbonyl (C=O) groups is 1. The van der Waals surface area contributed by atoms with Crippen molar-refractivity contribution in [2.24, 2.45) is 0 Å². The zero-order chi connectivity index (χ0) is 22.1. The maximum atomic E-state index is 12.8. The number of hydrogen-bond acceptors (Lipinski definition) is 9. The summed E-state index contributed by atoms with van der Waals surface area (Å²) in [5.74, 6) is -0.0613. The Balaban J connectivity index is 1.89. The highest BCUT2D eigenvalue weighted by molar-refractivity contribution is 7.90. The summed E-state index contributed by atoms with van der Waals surface area (Å²) in [6, 6.07) is 3.13. The Kier molecular flexibility index (Phi) is 6.14. The Labute approximate surface area is 180 Å². The number of urea groups is 1. The van der Waals surface area contributed by atoms with E-state index in [9.17, 15) is 13.2 Å². The molecule has 3 heterocycles. The number of anilines is 1. The Morgan fingerprint density at radius 3 is 2.57 bits per heavy atom. The first kappa shape index (κ1) is 21.8. The van der Waals surface area contributed by atoms with Gasteiger partial charge in [0.1, 0.15) is 5.15 Å². The Hall–Kier alpha value is -2.90. The molecular formula is C15H15Cl2N7O5S. The topological polar surface area (TPSA) is 150 Å². The molecule has 0 radical (unpaired) electrons. The summed E-state index contributed by atoms with van der Waals surface area (Å²) in [4.78, 5) is 23.7. The van der Waals surface area contributed by atoms with E-state index >= 15 is 0 Å². The molecule has 12 nitrogen and oxygen atoms in total. The zero-order valence-electron chi connectivity index (χ0n) is 15.8. The van der Waals surface area contributed by atoms with Crippen molar-refractivity contribution in [1.82, 2.24) is 29.3 Å². The Morgan fingerprint density at radius 2 is 1.90 bits per heavy atom. The van der Waals surface area contributed by atoms with Crippen molar-refractivity contribution in [3.63, 3.8) is 0 Å². The van der Waals surface area contributed by atoms with Crippen LogP contribution >= 0.6 is 23.2 Å². The minimum Gasteiger partial charge on any atom is -0.481 e. The molecule has 0 fully saturated rings. The molecule has 0 spiro atoms. The van der Waals surface area contributed by atoms with Crippen LogP contribution in [0.4, 0.5) is 10.7 Å². The molecule has 15 heteroatoms. The highest BCUT2D eigenvalue weighted by Gasteiger charge is 2.28. The number of fused-ring (bicyclic) bond motifs is 1. The molecule has 0 aliphatic heterocycles. The first-order chi connectivity index (χ1) is 14.1. The lowest BCUT2D eigenvalue weighted by Gasteiger charge is -2.10. The Morgan fingerprint density at radius 1 is 1.17 bits per heavy atom. The van der Waals surface area contributed by atoms with Gasteiger partial charge in [-0.25, -0.2) is 19.5 Å². The van der Waals surface area contributed by atoms with Crippen LogP contribution in [0.15, 0.2) is 23.2 Å². The van der Waals surface area contributed by atoms with Gasteiger partial charge < -0.3 is 9.47 Å². The average Bonchev–Trinajstić information content (AvgIpc) is 2.95. The van der Waals surface area contributed by atoms with E-state index in [-0.39, 0.29) is 39.8 Å². The molecule has 2 amide bonds. The molecule has 0 unspecified atom stereocenters. The lowest BCUT2D eigenvalue weighted by molar-refractivity contribution is 0.228. The summed E-state index contributed by atoms with van der Waals surface area (Å²) in [6.45, 7) is 3.56. The highest BCUT2D eigenvalue weighted by Crippen LogP contribution is 2.23. The van der Waals surface area contributed by atoms with Crippen LogP contribution < -0.4 is 19.5 Å². The fourth-order valence-corrected chi connectivity index (χ4v) is 3.92. The molecule has 0 saturated heterocycles. The van der Waals surface area contributed by atoms with Gasteiger partial charge in [0, 0.05) is 12.1 Å². The minimum atomic E-state index is -4.50. The third-order valence-electron chi connectivity index (χ3n) is 3.32. The van der Waals surface area contributed by atoms with Crippen molar-refractivity contribution in [2.45, 2.75) is 25.0 Å². The van der Waals surface area contributed by atoms with Crippen LogP contribution in [0, 0.1) is 0 Å². The fraction of sp³-hybridized carbons (Fsp3) is 0.267. The van der Waals surface area contributed by atoms with Gasteiger partial charge in [0.05, 0.1) is 13.2 Å². The monoisotopic (exact) mass is 475 g/mol. The molecule has 0 saturated carbocycles. The molecule has 3 aromatic heterocycles. The molecule has 0 atom stereocenters. The van der Waals surface area contributed by atoms with Gasteiger partial charge in [0.2, 0.25) is 22.7 Å². The van der Waals surface area contributed by atoms with Crippen molar-refractivity contribution >= 4 is 50.9 Å². The molecule has 0 aliphatic carbocycles. The molecular weight excluding hydrogens is 461 g/mol. The number of imidazole rings is 1. The summed E-state index contributed by atoms with van der Waals surface area (Å²) in [5.41, 5.74) is 0.139. The van der Waals surface area contributed by atoms with E-state index in [1.165, 1.54) is 25.3 Å². The van der Waals surface area contributed by atoms with E-state index in [0.717, 1.165) is 4.52 Å². The molecule has 30 heavy (non-hydrogen) atoms. The lowest BCUT2D eigenvalue weighted by atomic mass is 10.5. The zero-order valence-corrected chi connectivity index (χ0v) is 18.1. The third-order valence-corrected chi connectivity index (χ3v) is 5.21. The minimum absolute atomic E-state index is 0.0216. The standard InChI is InChI=1S/C15H15Cl2N7O5S/c1-7(2)29-10-5-4-9-19-12(17)13(24(9)22-10)30(26,27)23-15(25)21-14-18-8(16)6-11(20-14)28-3/h4-7H,1-3H3,(H2,18,20,21,23,25). The van der Waals surface area contributed by atoms with E-state index in [0.29, 0.717) is 0 Å². The molecule has 0 aromatic carbocycles. The molecule has 160 valence electrons. The lowest BCUT2D eigenvalue weighted by Crippen LogP contribution is -2.35. The van der Waals surface area contributed by atoms with Gasteiger partial charge in [-0.2, -0.15) is 17.9 Å². The predicted octanol–water partition coefficient (Wildman–Crippen LogP) is 2.13. The number of ether oxygens (including phenoxy) is 2. The van der Waals surface area contributed by atoms with Gasteiger partial charge in [-0.05, 0) is 19.9 Å². The number of sulfonamides is 1. The number of methoxy groups -OCH3 is 1. The van der Waals surface area contributed by atoms with Crippen molar-refractivity contribution in [1.29, 1.82) is 0 Å². The quantitative estimate of drug-likeness (QED) is 0.510. The molecule has 0 bridgehead atoms. The second-order valence-electron chi connectivity index (χ2n) is 5.93. The van der Waals surface area contributed by atoms with Crippen molar-refractivity contribution in [2.75, 3.05) is 12.4 Å². The van der Waals surface area contributed by atoms with Gasteiger partial charge in [0.15, 0.2) is 10.8 Å². The molecule has 2 N–H and O–H groups in total. The maximum Gasteiger partial charge on any atom is 0.335 e. The number of hydrogen-bond donors (Lipinski definition) is 2. The van der Waals surface area contributed by atoms with Gasteiger partial charge in [0.25, 0.3) is 10.0 Å². The van der Waals surface area contributed by atoms with E-state index in [2.05, 4.69) is 25.4 Å². The summed E-state index contributed by atoms with van der Waals surface area (Å²) >= 11 is 11.8. The Bertz CT molecular complexity index is 1220. The highest BCUT2D eigenvalue weighted by atomic mass is 35.5. The van der Waals surface area contributed by atoms with Gasteiger partial charge in [-0.15, -0.1) is 5.10 Å². The number of nitrogens with one attached hydrogen (secondary N) is 2. The number of carbonyl (C=O) groups excluding carboxylic acids is 1. The van der Waals surface area contributed by atoms with E-state index < -0.39 is 21.1 Å². The largest absolute Gasteiger partial charge is 0.481 e. The fourth-order valence-electron chi connectivity index (χ4n) is 2.25. The maximum absolute atomic E-state index is 12.8. The number of amides is 2. The van der Waals surface area contributed by atoms with Crippen LogP contribution in [0.25, 0.3) is 5.65 Å². The van der Waals surface area contributed by atoms with Crippen LogP contribution in [-0.4, -0.2) is 52.2 Å². The number of rotatable bonds is 6. The van der Waals surface area contributed by atoms with Gasteiger partial charge >= 0.3 is 6.03 Å². The van der Waals surface area contributed by atoms with Crippen molar-refractivity contribution in [3.8, 4) is 11.8 Å². The number of halogens is 2. The summed E-state index contributed by atoms with van der Waals surface area (Å²) in [7, 11) is -3.16. The van der Waals surface area contributed by atoms with E-state index in [4.69, 9.17) is 32.7 Å². The van der Waals surface area contributed by atoms with Crippen LogP contribution in [0.3, 0.4) is 0 Å². The normalized spacial score (nSPS) is 11.5. The first-order valence-electron chi connectivity index (χ1n) is 8.23. The van der Waals surface area contributed by atoms with E-state index in [1.54, 1.807) is 18.6 Å². The van der Waals surface area contributed by atoms with Crippen LogP contribution in [0.1, 0.15) is 13.8 Å². The SMILES string of the molecule is COc1cc(Cl)nc(NC(=O)NS(=O)(=O)c2c(Cl)nc3ccc(OC(C)C)nn23)n1. The second kappa shape index (κ2) is 8.45. The average molecular weight is 476 g/mol. The number of aromatic nitrogens is 5. The number of nitrogens with zero attached hydrogens (tertiary/aromatic N) is 5. The molecule has 0 aliphatic rings. The predicted molar refractivity (Wildman–Crippen MR) is 107 cm³/mol. The van der Waals surface area contributed by atoms with Crippen LogP contribution in [-0.2, 0) is 10.0 Å². The van der Waals surface area contributed by atoms with Crippen LogP contribution in [0.2, 0.25) is 10.3 Å². The molecule has 3 rings (SSSR count). The van der Waals surface area contributed by atoms with Crippen molar-refractivity contribution in [3.05, 3.63) is 28.5 Å². The van der Waals surface area contributed by atoms with E-state index in [1.807, 2.05) is 0 Å². The summed E-state index contributed by atoms with van der Waals surface area (Å²) in [5, 5.41) is 5.26. The summed E-state index contributed by atoms with van der Waals surface area (Å²) in [6.07, 6.45) is -0.201. The smallest absolute Gasteiger partial charge is 0.335 e. The molecule has 3 aromatic rings. The first-order valence-corrected chi connectivity index (χ1v) is 10.5. The van der Waals surface area contributed by atoms with Gasteiger partial charge in [-0.1, -0.05) is 23.2 Å². The second-order valence-corrected chi connectivity index (χ2v) is 8.28. The van der Waals surface area contributed by atoms with Gasteiger partial charge in [-0.3, -0.25) is 5.32 Å².